The van der Waals surface area contributed by atoms with E-state index < -0.39 is 0 Å². The molecule has 0 aliphatic carbocycles. The Kier molecular flexibility index (Phi) is 2.90. The topological polar surface area (TPSA) is 0 Å². The Hall–Kier alpha value is 0.440. The van der Waals surface area contributed by atoms with Gasteiger partial charge in [0.1, 0.15) is 0 Å². The third-order valence-corrected chi connectivity index (χ3v) is 1.25. The highest BCUT2D eigenvalue weighted by atomic mass is 32.2. The van der Waals surface area contributed by atoms with Crippen LogP contribution in [0.4, 0.5) is 0 Å². The molecule has 0 radical (unpaired) electrons. The fraction of sp³-hybridized carbons (Fsp3) is 0.333. The van der Waals surface area contributed by atoms with Gasteiger partial charge in [0, 0.05) is 4.24 Å². The molecule has 30 valence electrons. The molecular formula is C3H6S2. The lowest BCUT2D eigenvalue weighted by Gasteiger charge is -1.78. The maximum absolute atomic E-state index is 3.87. The number of thioether (sulfide) groups is 1. The number of rotatable bonds is 1. The van der Waals surface area contributed by atoms with Crippen LogP contribution in [-0.2, 0) is 0 Å². The van der Waals surface area contributed by atoms with E-state index in [1.165, 1.54) is 0 Å². The average Bonchev–Trinajstić information content (AvgIpc) is 1.38. The highest BCUT2D eigenvalue weighted by molar-refractivity contribution is 8.15. The van der Waals surface area contributed by atoms with Crippen LogP contribution in [0.25, 0.3) is 0 Å². The van der Waals surface area contributed by atoms with Gasteiger partial charge in [-0.1, -0.05) is 6.58 Å². The lowest BCUT2D eigenvalue weighted by molar-refractivity contribution is 2.41. The van der Waals surface area contributed by atoms with Crippen molar-refractivity contribution < 1.29 is 0 Å². The van der Waals surface area contributed by atoms with E-state index in [4.69, 9.17) is 0 Å². The molecule has 0 N–H and O–H groups in total. The minimum absolute atomic E-state index is 0.866. The molecular weight excluding hydrogens is 100 g/mol. The SMILES string of the molecule is C=C(S)SC. The molecule has 0 saturated heterocycles. The zero-order valence-corrected chi connectivity index (χ0v) is 4.77. The van der Waals surface area contributed by atoms with Crippen LogP contribution in [0.15, 0.2) is 10.8 Å². The smallest absolute Gasteiger partial charge is 0.0295 e. The van der Waals surface area contributed by atoms with E-state index in [0.717, 1.165) is 4.24 Å². The third-order valence-electron chi connectivity index (χ3n) is 0.236. The van der Waals surface area contributed by atoms with Crippen LogP contribution in [0.3, 0.4) is 0 Å². The first kappa shape index (κ1) is 5.44. The van der Waals surface area contributed by atoms with Gasteiger partial charge in [-0.05, 0) is 6.26 Å². The minimum atomic E-state index is 0.866. The molecule has 0 nitrogen and oxygen atoms in total. The summed E-state index contributed by atoms with van der Waals surface area (Å²) in [6.07, 6.45) is 1.94. The molecule has 0 aromatic heterocycles. The van der Waals surface area contributed by atoms with Gasteiger partial charge in [0.25, 0.3) is 0 Å². The molecule has 0 unspecified atom stereocenters. The number of hydrogen-bond donors (Lipinski definition) is 1. The highest BCUT2D eigenvalue weighted by Crippen LogP contribution is 2.10. The van der Waals surface area contributed by atoms with Gasteiger partial charge in [-0.3, -0.25) is 0 Å². The molecule has 0 aliphatic rings. The Morgan fingerprint density at radius 3 is 2.20 bits per heavy atom. The Balaban J connectivity index is 2.85. The summed E-state index contributed by atoms with van der Waals surface area (Å²) in [5, 5.41) is 0. The summed E-state index contributed by atoms with van der Waals surface area (Å²) in [6, 6.07) is 0. The van der Waals surface area contributed by atoms with E-state index in [2.05, 4.69) is 19.2 Å². The van der Waals surface area contributed by atoms with Crippen molar-refractivity contribution in [2.24, 2.45) is 0 Å². The zero-order valence-electron chi connectivity index (χ0n) is 3.06. The van der Waals surface area contributed by atoms with Crippen molar-refractivity contribution in [3.8, 4) is 0 Å². The summed E-state index contributed by atoms with van der Waals surface area (Å²) in [6.45, 7) is 3.50. The van der Waals surface area contributed by atoms with Crippen LogP contribution in [0, 0.1) is 0 Å². The summed E-state index contributed by atoms with van der Waals surface area (Å²) < 4.78 is 0.866. The molecule has 0 bridgehead atoms. The van der Waals surface area contributed by atoms with Crippen LogP contribution in [0.1, 0.15) is 0 Å². The zero-order chi connectivity index (χ0) is 4.28. The predicted octanol–water partition coefficient (Wildman–Crippen LogP) is 1.75. The van der Waals surface area contributed by atoms with Crippen molar-refractivity contribution in [3.63, 3.8) is 0 Å². The summed E-state index contributed by atoms with van der Waals surface area (Å²) in [5.41, 5.74) is 0. The molecule has 0 saturated carbocycles. The number of hydrogen-bond acceptors (Lipinski definition) is 2. The molecule has 0 spiro atoms. The van der Waals surface area contributed by atoms with Crippen LogP contribution in [0.5, 0.6) is 0 Å². The Morgan fingerprint density at radius 1 is 2.00 bits per heavy atom. The lowest BCUT2D eigenvalue weighted by atomic mass is 11.3. The van der Waals surface area contributed by atoms with Gasteiger partial charge >= 0.3 is 0 Å². The Bertz CT molecular complexity index is 40.2. The maximum Gasteiger partial charge on any atom is 0.0295 e. The third kappa shape index (κ3) is 4.44. The average molecular weight is 106 g/mol. The van der Waals surface area contributed by atoms with Crippen molar-refractivity contribution in [2.45, 2.75) is 0 Å². The number of thiol groups is 1. The molecule has 0 aromatic carbocycles. The van der Waals surface area contributed by atoms with E-state index in [1.54, 1.807) is 11.8 Å². The van der Waals surface area contributed by atoms with Crippen LogP contribution < -0.4 is 0 Å². The van der Waals surface area contributed by atoms with Crippen LogP contribution in [0.2, 0.25) is 0 Å². The van der Waals surface area contributed by atoms with E-state index in [0.29, 0.717) is 0 Å². The second-order valence-electron chi connectivity index (χ2n) is 0.598. The van der Waals surface area contributed by atoms with Crippen molar-refractivity contribution in [1.29, 1.82) is 0 Å². The van der Waals surface area contributed by atoms with Crippen molar-refractivity contribution in [1.82, 2.24) is 0 Å². The van der Waals surface area contributed by atoms with Crippen molar-refractivity contribution in [2.75, 3.05) is 6.26 Å². The molecule has 0 atom stereocenters. The Morgan fingerprint density at radius 2 is 2.20 bits per heavy atom. The lowest BCUT2D eigenvalue weighted by Crippen LogP contribution is -1.43. The van der Waals surface area contributed by atoms with E-state index in [-0.39, 0.29) is 0 Å². The molecule has 0 fully saturated rings. The Labute approximate surface area is 42.1 Å². The van der Waals surface area contributed by atoms with Crippen LogP contribution in [-0.4, -0.2) is 6.26 Å². The van der Waals surface area contributed by atoms with Crippen molar-refractivity contribution in [3.05, 3.63) is 10.8 Å². The van der Waals surface area contributed by atoms with E-state index in [1.807, 2.05) is 6.26 Å². The second kappa shape index (κ2) is 2.67. The first-order chi connectivity index (χ1) is 2.27. The molecule has 0 aliphatic heterocycles. The highest BCUT2D eigenvalue weighted by Gasteiger charge is 1.69. The summed E-state index contributed by atoms with van der Waals surface area (Å²) in [7, 11) is 0. The maximum atomic E-state index is 3.87. The predicted molar refractivity (Wildman–Crippen MR) is 31.6 cm³/mol. The molecule has 2 heteroatoms. The summed E-state index contributed by atoms with van der Waals surface area (Å²) in [4.78, 5) is 0. The van der Waals surface area contributed by atoms with E-state index in [9.17, 15) is 0 Å². The minimum Gasteiger partial charge on any atom is -0.137 e. The quantitative estimate of drug-likeness (QED) is 0.497. The van der Waals surface area contributed by atoms with Gasteiger partial charge in [-0.15, -0.1) is 24.4 Å². The summed E-state index contributed by atoms with van der Waals surface area (Å²) >= 11 is 5.42. The van der Waals surface area contributed by atoms with E-state index >= 15 is 0 Å². The fourth-order valence-electron chi connectivity index (χ4n) is 0. The fourth-order valence-corrected chi connectivity index (χ4v) is 0. The van der Waals surface area contributed by atoms with Gasteiger partial charge in [-0.2, -0.15) is 0 Å². The van der Waals surface area contributed by atoms with Crippen LogP contribution >= 0.6 is 24.4 Å². The standard InChI is InChI=1S/C3H6S2/c1-3(4)5-2/h4H,1H2,2H3. The van der Waals surface area contributed by atoms with Gasteiger partial charge in [0.05, 0.1) is 0 Å². The first-order valence-electron chi connectivity index (χ1n) is 1.19. The van der Waals surface area contributed by atoms with Gasteiger partial charge in [-0.25, -0.2) is 0 Å². The molecule has 5 heavy (non-hydrogen) atoms. The van der Waals surface area contributed by atoms with Gasteiger partial charge in [0.15, 0.2) is 0 Å². The monoisotopic (exact) mass is 106 g/mol. The van der Waals surface area contributed by atoms with Gasteiger partial charge < -0.3 is 0 Å². The normalized spacial score (nSPS) is 7.60. The summed E-state index contributed by atoms with van der Waals surface area (Å²) in [5.74, 6) is 0. The first-order valence-corrected chi connectivity index (χ1v) is 2.86. The largest absolute Gasteiger partial charge is 0.137 e. The molecule has 0 amide bonds. The molecule has 0 heterocycles. The molecule has 0 rings (SSSR count). The molecule has 0 aromatic rings. The van der Waals surface area contributed by atoms with Crippen molar-refractivity contribution >= 4 is 24.4 Å². The second-order valence-corrected chi connectivity index (χ2v) is 2.34. The van der Waals surface area contributed by atoms with Gasteiger partial charge in [0.2, 0.25) is 0 Å².